The third-order valence-corrected chi connectivity index (χ3v) is 3.44. The lowest BCUT2D eigenvalue weighted by atomic mass is 9.86. The molecule has 5 nitrogen and oxygen atoms in total. The Morgan fingerprint density at radius 3 is 2.68 bits per heavy atom. The van der Waals surface area contributed by atoms with Gasteiger partial charge in [-0.1, -0.05) is 19.0 Å². The third kappa shape index (κ3) is 4.87. The molecular weight excluding hydrogens is 240 g/mol. The molecule has 0 saturated heterocycles. The molecule has 1 atom stereocenters. The number of hydrogen-bond donors (Lipinski definition) is 3. The molecule has 0 saturated carbocycles. The first-order valence-corrected chi connectivity index (χ1v) is 6.58. The highest BCUT2D eigenvalue weighted by molar-refractivity contribution is 5.85. The zero-order valence-electron chi connectivity index (χ0n) is 11.9. The van der Waals surface area contributed by atoms with Gasteiger partial charge in [0, 0.05) is 23.9 Å². The van der Waals surface area contributed by atoms with Gasteiger partial charge in [-0.05, 0) is 44.0 Å². The van der Waals surface area contributed by atoms with Crippen LogP contribution in [0.5, 0.6) is 0 Å². The number of oxime groups is 1. The van der Waals surface area contributed by atoms with Crippen molar-refractivity contribution < 1.29 is 5.21 Å². The van der Waals surface area contributed by atoms with Crippen LogP contribution in [-0.2, 0) is 0 Å². The first-order chi connectivity index (χ1) is 8.97. The lowest BCUT2D eigenvalue weighted by Gasteiger charge is -2.23. The summed E-state index contributed by atoms with van der Waals surface area (Å²) >= 11 is 0. The molecule has 0 fully saturated rings. The summed E-state index contributed by atoms with van der Waals surface area (Å²) in [6.07, 6.45) is 5.45. The van der Waals surface area contributed by atoms with Crippen molar-refractivity contribution in [3.05, 3.63) is 30.1 Å². The van der Waals surface area contributed by atoms with Crippen molar-refractivity contribution in [2.24, 2.45) is 16.3 Å². The smallest absolute Gasteiger partial charge is 0.144 e. The molecule has 0 amide bonds. The summed E-state index contributed by atoms with van der Waals surface area (Å²) in [7, 11) is 0. The number of nitrogens with two attached hydrogens (primary N) is 1. The van der Waals surface area contributed by atoms with E-state index in [1.807, 2.05) is 26.0 Å². The maximum absolute atomic E-state index is 8.71. The zero-order chi connectivity index (χ0) is 14.3. The topological polar surface area (TPSA) is 83.5 Å². The van der Waals surface area contributed by atoms with Crippen LogP contribution in [0, 0.1) is 5.41 Å². The summed E-state index contributed by atoms with van der Waals surface area (Å²) in [6.45, 7) is 6.98. The van der Waals surface area contributed by atoms with Gasteiger partial charge < -0.3 is 16.3 Å². The molecule has 5 heteroatoms. The normalized spacial score (nSPS) is 14.4. The van der Waals surface area contributed by atoms with Gasteiger partial charge in [0.25, 0.3) is 0 Å². The second kappa shape index (κ2) is 7.09. The number of nitrogens with zero attached hydrogens (tertiary/aromatic N) is 2. The standard InChI is InChI=1S/C14H24N4O/c1-11(12-5-9-16-10-6-12)17-8-4-7-14(2,3)13(15)18-19/h5-6,9-11,17,19H,4,7-8H2,1-3H3,(H2,15,18)/t11-/m0/s1. The van der Waals surface area contributed by atoms with E-state index in [2.05, 4.69) is 22.4 Å². The van der Waals surface area contributed by atoms with Gasteiger partial charge in [0.15, 0.2) is 0 Å². The van der Waals surface area contributed by atoms with Crippen LogP contribution >= 0.6 is 0 Å². The zero-order valence-corrected chi connectivity index (χ0v) is 11.9. The predicted molar refractivity (Wildman–Crippen MR) is 77.1 cm³/mol. The maximum atomic E-state index is 8.71. The number of nitrogens with one attached hydrogen (secondary N) is 1. The molecular formula is C14H24N4O. The fraction of sp³-hybridized carbons (Fsp3) is 0.571. The van der Waals surface area contributed by atoms with E-state index in [0.29, 0.717) is 6.04 Å². The van der Waals surface area contributed by atoms with Crippen LogP contribution in [-0.4, -0.2) is 22.6 Å². The second-order valence-electron chi connectivity index (χ2n) is 5.43. The number of aromatic nitrogens is 1. The summed E-state index contributed by atoms with van der Waals surface area (Å²) in [6, 6.07) is 4.32. The van der Waals surface area contributed by atoms with E-state index in [-0.39, 0.29) is 11.3 Å². The van der Waals surface area contributed by atoms with Crippen molar-refractivity contribution in [3.8, 4) is 0 Å². The highest BCUT2D eigenvalue weighted by Crippen LogP contribution is 2.22. The molecule has 1 aromatic rings. The Bertz CT molecular complexity index is 403. The Morgan fingerprint density at radius 1 is 1.47 bits per heavy atom. The Labute approximate surface area is 114 Å². The minimum atomic E-state index is -0.268. The number of rotatable bonds is 7. The average molecular weight is 264 g/mol. The van der Waals surface area contributed by atoms with Crippen molar-refractivity contribution in [1.82, 2.24) is 10.3 Å². The number of amidine groups is 1. The van der Waals surface area contributed by atoms with Crippen LogP contribution in [0.4, 0.5) is 0 Å². The van der Waals surface area contributed by atoms with Gasteiger partial charge in [0.1, 0.15) is 5.84 Å². The molecule has 1 rings (SSSR count). The molecule has 0 aromatic carbocycles. The molecule has 0 aliphatic rings. The molecule has 0 unspecified atom stereocenters. The number of pyridine rings is 1. The van der Waals surface area contributed by atoms with E-state index in [9.17, 15) is 0 Å². The van der Waals surface area contributed by atoms with Crippen LogP contribution in [0.1, 0.15) is 45.2 Å². The van der Waals surface area contributed by atoms with E-state index >= 15 is 0 Å². The van der Waals surface area contributed by atoms with Gasteiger partial charge in [-0.15, -0.1) is 0 Å². The molecule has 0 bridgehead atoms. The quantitative estimate of drug-likeness (QED) is 0.232. The van der Waals surface area contributed by atoms with Crippen molar-refractivity contribution in [2.75, 3.05) is 6.54 Å². The second-order valence-corrected chi connectivity index (χ2v) is 5.43. The van der Waals surface area contributed by atoms with Gasteiger partial charge in [0.05, 0.1) is 0 Å². The summed E-state index contributed by atoms with van der Waals surface area (Å²) in [4.78, 5) is 4.01. The SMILES string of the molecule is C[C@H](NCCCC(C)(C)/C(N)=N/O)c1ccncc1. The molecule has 4 N–H and O–H groups in total. The van der Waals surface area contributed by atoms with Crippen LogP contribution in [0.3, 0.4) is 0 Å². The van der Waals surface area contributed by atoms with Crippen molar-refractivity contribution in [3.63, 3.8) is 0 Å². The largest absolute Gasteiger partial charge is 0.409 e. The van der Waals surface area contributed by atoms with E-state index in [4.69, 9.17) is 10.9 Å². The molecule has 1 heterocycles. The molecule has 1 aromatic heterocycles. The predicted octanol–water partition coefficient (Wildman–Crippen LogP) is 2.29. The van der Waals surface area contributed by atoms with E-state index in [0.717, 1.165) is 19.4 Å². The van der Waals surface area contributed by atoms with Crippen LogP contribution in [0.25, 0.3) is 0 Å². The summed E-state index contributed by atoms with van der Waals surface area (Å²) in [5.41, 5.74) is 6.62. The molecule has 0 spiro atoms. The monoisotopic (exact) mass is 264 g/mol. The Hall–Kier alpha value is -1.62. The Balaban J connectivity index is 2.32. The first kappa shape index (κ1) is 15.4. The summed E-state index contributed by atoms with van der Waals surface area (Å²) in [5, 5.41) is 15.3. The van der Waals surface area contributed by atoms with E-state index in [1.54, 1.807) is 12.4 Å². The van der Waals surface area contributed by atoms with Crippen molar-refractivity contribution in [2.45, 2.75) is 39.7 Å². The first-order valence-electron chi connectivity index (χ1n) is 6.58. The van der Waals surface area contributed by atoms with Crippen LogP contribution in [0.15, 0.2) is 29.7 Å². The van der Waals surface area contributed by atoms with Crippen molar-refractivity contribution >= 4 is 5.84 Å². The van der Waals surface area contributed by atoms with Crippen LogP contribution < -0.4 is 11.1 Å². The minimum Gasteiger partial charge on any atom is -0.409 e. The van der Waals surface area contributed by atoms with Gasteiger partial charge in [-0.25, -0.2) is 0 Å². The highest BCUT2D eigenvalue weighted by Gasteiger charge is 2.22. The van der Waals surface area contributed by atoms with Gasteiger partial charge in [0.2, 0.25) is 0 Å². The highest BCUT2D eigenvalue weighted by atomic mass is 16.4. The molecule has 19 heavy (non-hydrogen) atoms. The Kier molecular flexibility index (Phi) is 5.76. The minimum absolute atomic E-state index is 0.268. The van der Waals surface area contributed by atoms with Gasteiger partial charge in [-0.3, -0.25) is 4.98 Å². The maximum Gasteiger partial charge on any atom is 0.144 e. The number of hydrogen-bond acceptors (Lipinski definition) is 4. The van der Waals surface area contributed by atoms with E-state index in [1.165, 1.54) is 5.56 Å². The third-order valence-electron chi connectivity index (χ3n) is 3.44. The average Bonchev–Trinajstić information content (AvgIpc) is 2.43. The fourth-order valence-electron chi connectivity index (χ4n) is 1.88. The lowest BCUT2D eigenvalue weighted by Crippen LogP contribution is -2.32. The summed E-state index contributed by atoms with van der Waals surface area (Å²) < 4.78 is 0. The summed E-state index contributed by atoms with van der Waals surface area (Å²) in [5.74, 6) is 0.287. The molecule has 0 aliphatic carbocycles. The molecule has 106 valence electrons. The lowest BCUT2D eigenvalue weighted by molar-refractivity contribution is 0.304. The van der Waals surface area contributed by atoms with Gasteiger partial charge in [-0.2, -0.15) is 0 Å². The van der Waals surface area contributed by atoms with Crippen LogP contribution in [0.2, 0.25) is 0 Å². The van der Waals surface area contributed by atoms with E-state index < -0.39 is 0 Å². The molecule has 0 radical (unpaired) electrons. The fourth-order valence-corrected chi connectivity index (χ4v) is 1.88. The Morgan fingerprint density at radius 2 is 2.11 bits per heavy atom. The van der Waals surface area contributed by atoms with Crippen molar-refractivity contribution in [1.29, 1.82) is 0 Å². The van der Waals surface area contributed by atoms with Gasteiger partial charge >= 0.3 is 0 Å². The molecule has 0 aliphatic heterocycles.